The molecule has 0 atom stereocenters. The molecule has 2 nitrogen and oxygen atoms in total. The van der Waals surface area contributed by atoms with E-state index in [2.05, 4.69) is 23.4 Å². The maximum absolute atomic E-state index is 3.89. The molecule has 0 unspecified atom stereocenters. The summed E-state index contributed by atoms with van der Waals surface area (Å²) < 4.78 is 0. The van der Waals surface area contributed by atoms with Gasteiger partial charge in [0.05, 0.1) is 5.69 Å². The molecule has 0 aromatic carbocycles. The number of nitrogens with one attached hydrogen (secondary N) is 1. The normalized spacial score (nSPS) is 8.89. The molecule has 46 valence electrons. The summed E-state index contributed by atoms with van der Waals surface area (Å²) in [6.45, 7) is 7.19. The van der Waals surface area contributed by atoms with Crippen molar-refractivity contribution in [1.29, 1.82) is 0 Å². The predicted molar refractivity (Wildman–Crippen MR) is 38.8 cm³/mol. The summed E-state index contributed by atoms with van der Waals surface area (Å²) in [7, 11) is 0. The van der Waals surface area contributed by atoms with Crippen LogP contribution in [0.5, 0.6) is 0 Å². The van der Waals surface area contributed by atoms with Gasteiger partial charge in [0.2, 0.25) is 0 Å². The van der Waals surface area contributed by atoms with Crippen LogP contribution in [-0.2, 0) is 0 Å². The first-order valence-corrected chi connectivity index (χ1v) is 2.67. The lowest BCUT2D eigenvalue weighted by Crippen LogP contribution is -1.72. The quantitative estimate of drug-likeness (QED) is 0.632. The van der Waals surface area contributed by atoms with E-state index in [1.54, 1.807) is 18.3 Å². The van der Waals surface area contributed by atoms with Gasteiger partial charge in [0, 0.05) is 11.8 Å². The summed E-state index contributed by atoms with van der Waals surface area (Å²) in [5.74, 6) is 0. The number of H-pyrrole nitrogens is 1. The van der Waals surface area contributed by atoms with E-state index >= 15 is 0 Å². The summed E-state index contributed by atoms with van der Waals surface area (Å²) >= 11 is 0. The molecule has 1 aromatic heterocycles. The smallest absolute Gasteiger partial charge is 0.0914 e. The minimum Gasteiger partial charge on any atom is -0.285 e. The standard InChI is InChI=1S/C7H8N2/c1-3-6-5-8-9-7(6)4-2/h3-5H,1-2H2,(H,8,9). The Balaban J connectivity index is 3.12. The molecular weight excluding hydrogens is 112 g/mol. The Morgan fingerprint density at radius 2 is 2.22 bits per heavy atom. The summed E-state index contributed by atoms with van der Waals surface area (Å²) in [5, 5.41) is 6.60. The minimum absolute atomic E-state index is 0.852. The fourth-order valence-corrected chi connectivity index (χ4v) is 0.637. The molecule has 0 aliphatic rings. The number of aromatic nitrogens is 2. The van der Waals surface area contributed by atoms with Crippen molar-refractivity contribution in [1.82, 2.24) is 10.2 Å². The number of rotatable bonds is 2. The van der Waals surface area contributed by atoms with Crippen molar-refractivity contribution in [3.05, 3.63) is 30.6 Å². The zero-order valence-corrected chi connectivity index (χ0v) is 5.09. The Kier molecular flexibility index (Phi) is 1.49. The molecule has 1 heterocycles. The molecule has 1 N–H and O–H groups in total. The van der Waals surface area contributed by atoms with E-state index < -0.39 is 0 Å². The first-order chi connectivity index (χ1) is 4.38. The molecule has 1 rings (SSSR count). The average Bonchev–Trinajstić information content (AvgIpc) is 2.33. The van der Waals surface area contributed by atoms with Gasteiger partial charge in [-0.05, 0) is 6.08 Å². The molecule has 0 fully saturated rings. The van der Waals surface area contributed by atoms with E-state index in [1.807, 2.05) is 0 Å². The summed E-state index contributed by atoms with van der Waals surface area (Å²) in [5.41, 5.74) is 1.84. The SMILES string of the molecule is C=Cc1c[nH]nc1C=C. The lowest BCUT2D eigenvalue weighted by molar-refractivity contribution is 1.08. The lowest BCUT2D eigenvalue weighted by Gasteiger charge is -1.82. The number of nitrogens with zero attached hydrogens (tertiary/aromatic N) is 1. The molecule has 2 heteroatoms. The third-order valence-electron chi connectivity index (χ3n) is 1.11. The zero-order valence-electron chi connectivity index (χ0n) is 5.09. The van der Waals surface area contributed by atoms with E-state index in [1.165, 1.54) is 0 Å². The van der Waals surface area contributed by atoms with Crippen molar-refractivity contribution in [3.63, 3.8) is 0 Å². The van der Waals surface area contributed by atoms with Crippen molar-refractivity contribution < 1.29 is 0 Å². The minimum atomic E-state index is 0.852. The number of hydrogen-bond acceptors (Lipinski definition) is 1. The van der Waals surface area contributed by atoms with E-state index in [0.717, 1.165) is 11.3 Å². The predicted octanol–water partition coefficient (Wildman–Crippen LogP) is 1.70. The monoisotopic (exact) mass is 120 g/mol. The van der Waals surface area contributed by atoms with E-state index in [-0.39, 0.29) is 0 Å². The van der Waals surface area contributed by atoms with Crippen LogP contribution in [0, 0.1) is 0 Å². The van der Waals surface area contributed by atoms with Gasteiger partial charge in [0.25, 0.3) is 0 Å². The highest BCUT2D eigenvalue weighted by atomic mass is 15.1. The van der Waals surface area contributed by atoms with Crippen molar-refractivity contribution in [2.24, 2.45) is 0 Å². The van der Waals surface area contributed by atoms with Gasteiger partial charge < -0.3 is 0 Å². The van der Waals surface area contributed by atoms with Crippen molar-refractivity contribution in [2.75, 3.05) is 0 Å². The third kappa shape index (κ3) is 0.914. The molecule has 0 amide bonds. The maximum Gasteiger partial charge on any atom is 0.0914 e. The first kappa shape index (κ1) is 5.82. The number of hydrogen-bond donors (Lipinski definition) is 1. The van der Waals surface area contributed by atoms with Gasteiger partial charge in [0.15, 0.2) is 0 Å². The van der Waals surface area contributed by atoms with E-state index in [0.29, 0.717) is 0 Å². The van der Waals surface area contributed by atoms with Crippen LogP contribution in [0.3, 0.4) is 0 Å². The van der Waals surface area contributed by atoms with Gasteiger partial charge in [-0.3, -0.25) is 5.10 Å². The Labute approximate surface area is 53.9 Å². The lowest BCUT2D eigenvalue weighted by atomic mass is 10.2. The summed E-state index contributed by atoms with van der Waals surface area (Å²) in [6.07, 6.45) is 5.21. The molecule has 0 aliphatic heterocycles. The fourth-order valence-electron chi connectivity index (χ4n) is 0.637. The van der Waals surface area contributed by atoms with Crippen LogP contribution in [0.25, 0.3) is 12.2 Å². The fraction of sp³-hybridized carbons (Fsp3) is 0. The van der Waals surface area contributed by atoms with Crippen LogP contribution in [0.4, 0.5) is 0 Å². The Morgan fingerprint density at radius 1 is 1.44 bits per heavy atom. The molecule has 0 bridgehead atoms. The second-order valence-electron chi connectivity index (χ2n) is 1.63. The van der Waals surface area contributed by atoms with Gasteiger partial charge in [-0.15, -0.1) is 0 Å². The van der Waals surface area contributed by atoms with Crippen molar-refractivity contribution >= 4 is 12.2 Å². The summed E-state index contributed by atoms with van der Waals surface area (Å²) in [4.78, 5) is 0. The molecule has 0 saturated carbocycles. The highest BCUT2D eigenvalue weighted by Crippen LogP contribution is 2.05. The second kappa shape index (κ2) is 2.31. The van der Waals surface area contributed by atoms with Crippen molar-refractivity contribution in [3.8, 4) is 0 Å². The zero-order chi connectivity index (χ0) is 6.69. The topological polar surface area (TPSA) is 28.7 Å². The molecule has 1 aromatic rings. The van der Waals surface area contributed by atoms with Crippen LogP contribution in [0.15, 0.2) is 19.4 Å². The molecule has 0 aliphatic carbocycles. The maximum atomic E-state index is 3.89. The van der Waals surface area contributed by atoms with E-state index in [4.69, 9.17) is 0 Å². The van der Waals surface area contributed by atoms with Crippen LogP contribution in [-0.4, -0.2) is 10.2 Å². The first-order valence-electron chi connectivity index (χ1n) is 2.67. The van der Waals surface area contributed by atoms with Gasteiger partial charge in [-0.25, -0.2) is 0 Å². The van der Waals surface area contributed by atoms with Crippen LogP contribution >= 0.6 is 0 Å². The largest absolute Gasteiger partial charge is 0.285 e. The Hall–Kier alpha value is -1.31. The van der Waals surface area contributed by atoms with Crippen LogP contribution < -0.4 is 0 Å². The van der Waals surface area contributed by atoms with E-state index in [9.17, 15) is 0 Å². The van der Waals surface area contributed by atoms with Gasteiger partial charge in [0.1, 0.15) is 0 Å². The highest BCUT2D eigenvalue weighted by molar-refractivity contribution is 5.59. The molecule has 0 saturated heterocycles. The Morgan fingerprint density at radius 3 is 2.67 bits per heavy atom. The highest BCUT2D eigenvalue weighted by Gasteiger charge is 1.93. The molecular formula is C7H8N2. The molecule has 9 heavy (non-hydrogen) atoms. The molecule has 0 radical (unpaired) electrons. The van der Waals surface area contributed by atoms with Crippen molar-refractivity contribution in [2.45, 2.75) is 0 Å². The van der Waals surface area contributed by atoms with Gasteiger partial charge in [-0.1, -0.05) is 19.2 Å². The number of aromatic amines is 1. The Bertz CT molecular complexity index is 200. The second-order valence-corrected chi connectivity index (χ2v) is 1.63. The third-order valence-corrected chi connectivity index (χ3v) is 1.11. The van der Waals surface area contributed by atoms with Crippen LogP contribution in [0.1, 0.15) is 11.3 Å². The average molecular weight is 120 g/mol. The van der Waals surface area contributed by atoms with Gasteiger partial charge in [-0.2, -0.15) is 5.10 Å². The van der Waals surface area contributed by atoms with Crippen LogP contribution in [0.2, 0.25) is 0 Å². The molecule has 0 spiro atoms. The van der Waals surface area contributed by atoms with Gasteiger partial charge >= 0.3 is 0 Å². The summed E-state index contributed by atoms with van der Waals surface area (Å²) in [6, 6.07) is 0.